The Morgan fingerprint density at radius 1 is 1.29 bits per heavy atom. The molecule has 1 saturated heterocycles. The molecule has 5 nitrogen and oxygen atoms in total. The number of nitrogens with one attached hydrogen (secondary N) is 1. The fourth-order valence-electron chi connectivity index (χ4n) is 2.83. The van der Waals surface area contributed by atoms with Crippen molar-refractivity contribution in [1.82, 2.24) is 10.2 Å². The lowest BCUT2D eigenvalue weighted by atomic mass is 9.99. The molecule has 0 bridgehead atoms. The van der Waals surface area contributed by atoms with Crippen molar-refractivity contribution in [2.45, 2.75) is 31.7 Å². The van der Waals surface area contributed by atoms with E-state index in [1.54, 1.807) is 0 Å². The smallest absolute Gasteiger partial charge is 0.255 e. The zero-order chi connectivity index (χ0) is 12.3. The summed E-state index contributed by atoms with van der Waals surface area (Å²) in [5.41, 5.74) is 0. The van der Waals surface area contributed by atoms with Crippen LogP contribution in [0.5, 0.6) is 0 Å². The molecule has 2 fully saturated rings. The third-order valence-corrected chi connectivity index (χ3v) is 3.81. The van der Waals surface area contributed by atoms with E-state index in [4.69, 9.17) is 4.74 Å². The van der Waals surface area contributed by atoms with Crippen LogP contribution >= 0.6 is 0 Å². The van der Waals surface area contributed by atoms with E-state index in [1.807, 2.05) is 7.05 Å². The number of hydrogen-bond donors (Lipinski definition) is 1. The van der Waals surface area contributed by atoms with Gasteiger partial charge in [0.25, 0.3) is 11.8 Å². The van der Waals surface area contributed by atoms with Crippen LogP contribution in [0.15, 0.2) is 0 Å². The van der Waals surface area contributed by atoms with E-state index >= 15 is 0 Å². The van der Waals surface area contributed by atoms with Crippen molar-refractivity contribution in [2.24, 2.45) is 5.92 Å². The molecule has 1 aliphatic carbocycles. The van der Waals surface area contributed by atoms with Crippen molar-refractivity contribution in [1.29, 1.82) is 0 Å². The Hall–Kier alpha value is -0.940. The fourth-order valence-corrected chi connectivity index (χ4v) is 2.83. The van der Waals surface area contributed by atoms with E-state index in [1.165, 1.54) is 24.2 Å². The maximum atomic E-state index is 11.5. The van der Waals surface area contributed by atoms with Crippen LogP contribution in [0.25, 0.3) is 0 Å². The van der Waals surface area contributed by atoms with Crippen molar-refractivity contribution < 1.29 is 14.3 Å². The minimum absolute atomic E-state index is 0.0475. The predicted molar refractivity (Wildman–Crippen MR) is 62.3 cm³/mol. The standard InChI is InChI=1S/C12H20N2O3/c1-13-10-4-2-3-9(10)5-6-14-11(15)7-17-8-12(14)16/h9-10,13H,2-8H2,1H3. The van der Waals surface area contributed by atoms with Gasteiger partial charge in [-0.1, -0.05) is 6.42 Å². The summed E-state index contributed by atoms with van der Waals surface area (Å²) in [6.07, 6.45) is 4.54. The Labute approximate surface area is 101 Å². The quantitative estimate of drug-likeness (QED) is 0.711. The molecule has 2 aliphatic rings. The molecule has 1 N–H and O–H groups in total. The molecule has 0 aromatic rings. The van der Waals surface area contributed by atoms with Crippen LogP contribution in [0.2, 0.25) is 0 Å². The van der Waals surface area contributed by atoms with Crippen molar-refractivity contribution in [3.05, 3.63) is 0 Å². The second-order valence-electron chi connectivity index (χ2n) is 4.81. The zero-order valence-corrected chi connectivity index (χ0v) is 10.3. The van der Waals surface area contributed by atoms with Crippen LogP contribution in [-0.4, -0.2) is 49.6 Å². The molecule has 0 radical (unpaired) electrons. The molecule has 96 valence electrons. The number of amides is 2. The largest absolute Gasteiger partial charge is 0.362 e. The van der Waals surface area contributed by atoms with Gasteiger partial charge in [-0.2, -0.15) is 0 Å². The number of carbonyl (C=O) groups excluding carboxylic acids is 2. The molecule has 2 unspecified atom stereocenters. The minimum atomic E-state index is -0.194. The molecular weight excluding hydrogens is 220 g/mol. The Morgan fingerprint density at radius 3 is 2.65 bits per heavy atom. The highest BCUT2D eigenvalue weighted by atomic mass is 16.5. The van der Waals surface area contributed by atoms with Crippen molar-refractivity contribution >= 4 is 11.8 Å². The molecule has 5 heteroatoms. The topological polar surface area (TPSA) is 58.6 Å². The van der Waals surface area contributed by atoms with Crippen LogP contribution in [0.4, 0.5) is 0 Å². The summed E-state index contributed by atoms with van der Waals surface area (Å²) < 4.78 is 4.89. The summed E-state index contributed by atoms with van der Waals surface area (Å²) in [6.45, 7) is 0.640. The molecule has 1 aliphatic heterocycles. The second-order valence-corrected chi connectivity index (χ2v) is 4.81. The number of ether oxygens (including phenoxy) is 1. The molecule has 17 heavy (non-hydrogen) atoms. The first kappa shape index (κ1) is 12.5. The van der Waals surface area contributed by atoms with Gasteiger partial charge in [-0.3, -0.25) is 14.5 Å². The Morgan fingerprint density at radius 2 is 2.00 bits per heavy atom. The second kappa shape index (κ2) is 5.60. The third kappa shape index (κ3) is 2.84. The molecule has 2 atom stereocenters. The number of hydrogen-bond acceptors (Lipinski definition) is 4. The summed E-state index contributed by atoms with van der Waals surface area (Å²) in [5.74, 6) is 0.198. The summed E-state index contributed by atoms with van der Waals surface area (Å²) in [5, 5.41) is 3.31. The van der Waals surface area contributed by atoms with Gasteiger partial charge in [-0.15, -0.1) is 0 Å². The highest BCUT2D eigenvalue weighted by molar-refractivity contribution is 5.98. The molecule has 1 heterocycles. The van der Waals surface area contributed by atoms with E-state index in [9.17, 15) is 9.59 Å². The zero-order valence-electron chi connectivity index (χ0n) is 10.3. The van der Waals surface area contributed by atoms with Gasteiger partial charge in [-0.25, -0.2) is 0 Å². The number of morpholine rings is 1. The maximum Gasteiger partial charge on any atom is 0.255 e. The first-order chi connectivity index (χ1) is 8.22. The Kier molecular flexibility index (Phi) is 4.12. The van der Waals surface area contributed by atoms with Crippen LogP contribution in [-0.2, 0) is 14.3 Å². The Balaban J connectivity index is 1.84. The van der Waals surface area contributed by atoms with Gasteiger partial charge in [0, 0.05) is 12.6 Å². The lowest BCUT2D eigenvalue weighted by molar-refractivity contribution is -0.158. The number of imide groups is 1. The van der Waals surface area contributed by atoms with Gasteiger partial charge in [0.05, 0.1) is 0 Å². The number of carbonyl (C=O) groups is 2. The molecule has 1 saturated carbocycles. The van der Waals surface area contributed by atoms with E-state index in [2.05, 4.69) is 5.32 Å². The third-order valence-electron chi connectivity index (χ3n) is 3.81. The van der Waals surface area contributed by atoms with Gasteiger partial charge in [-0.05, 0) is 32.2 Å². The van der Waals surface area contributed by atoms with Gasteiger partial charge in [0.15, 0.2) is 0 Å². The average Bonchev–Trinajstić information content (AvgIpc) is 2.76. The van der Waals surface area contributed by atoms with Crippen molar-refractivity contribution in [2.75, 3.05) is 26.8 Å². The summed E-state index contributed by atoms with van der Waals surface area (Å²) in [6, 6.07) is 0.543. The van der Waals surface area contributed by atoms with Gasteiger partial charge < -0.3 is 10.1 Å². The average molecular weight is 240 g/mol. The van der Waals surface area contributed by atoms with Crippen LogP contribution in [0.1, 0.15) is 25.7 Å². The predicted octanol–water partition coefficient (Wildman–Crippen LogP) is 0.150. The summed E-state index contributed by atoms with van der Waals surface area (Å²) in [7, 11) is 1.98. The van der Waals surface area contributed by atoms with Crippen LogP contribution < -0.4 is 5.32 Å². The maximum absolute atomic E-state index is 11.5. The van der Waals surface area contributed by atoms with E-state index < -0.39 is 0 Å². The van der Waals surface area contributed by atoms with Gasteiger partial charge in [0.1, 0.15) is 13.2 Å². The fraction of sp³-hybridized carbons (Fsp3) is 0.833. The van der Waals surface area contributed by atoms with Crippen molar-refractivity contribution in [3.8, 4) is 0 Å². The molecule has 2 amide bonds. The van der Waals surface area contributed by atoms with Crippen LogP contribution in [0.3, 0.4) is 0 Å². The van der Waals surface area contributed by atoms with Crippen molar-refractivity contribution in [3.63, 3.8) is 0 Å². The number of rotatable bonds is 4. The van der Waals surface area contributed by atoms with E-state index in [0.29, 0.717) is 18.5 Å². The molecule has 0 spiro atoms. The first-order valence-corrected chi connectivity index (χ1v) is 6.30. The summed E-state index contributed by atoms with van der Waals surface area (Å²) in [4.78, 5) is 24.4. The highest BCUT2D eigenvalue weighted by Gasteiger charge is 2.30. The lowest BCUT2D eigenvalue weighted by Gasteiger charge is -2.27. The molecule has 2 rings (SSSR count). The van der Waals surface area contributed by atoms with E-state index in [0.717, 1.165) is 6.42 Å². The van der Waals surface area contributed by atoms with Gasteiger partial charge in [0.2, 0.25) is 0 Å². The van der Waals surface area contributed by atoms with Gasteiger partial charge >= 0.3 is 0 Å². The SMILES string of the molecule is CNC1CCCC1CCN1C(=O)COCC1=O. The minimum Gasteiger partial charge on any atom is -0.362 e. The monoisotopic (exact) mass is 240 g/mol. The lowest BCUT2D eigenvalue weighted by Crippen LogP contribution is -2.47. The number of nitrogens with zero attached hydrogens (tertiary/aromatic N) is 1. The first-order valence-electron chi connectivity index (χ1n) is 6.30. The normalized spacial score (nSPS) is 30.1. The molecule has 0 aromatic carbocycles. The summed E-state index contributed by atoms with van der Waals surface area (Å²) >= 11 is 0. The van der Waals surface area contributed by atoms with E-state index in [-0.39, 0.29) is 25.0 Å². The Bertz CT molecular complexity index is 290. The van der Waals surface area contributed by atoms with Crippen LogP contribution in [0, 0.1) is 5.92 Å². The molecular formula is C12H20N2O3. The highest BCUT2D eigenvalue weighted by Crippen LogP contribution is 2.28. The molecule has 0 aromatic heterocycles.